The van der Waals surface area contributed by atoms with Crippen LogP contribution in [0.4, 0.5) is 10.1 Å². The third-order valence-corrected chi connectivity index (χ3v) is 3.01. The van der Waals surface area contributed by atoms with Gasteiger partial charge in [0.2, 0.25) is 0 Å². The van der Waals surface area contributed by atoms with Gasteiger partial charge in [-0.2, -0.15) is 0 Å². The van der Waals surface area contributed by atoms with Crippen LogP contribution in [0.15, 0.2) is 36.5 Å². The molecule has 2 rings (SSSR count). The van der Waals surface area contributed by atoms with Crippen molar-refractivity contribution < 1.29 is 9.13 Å². The van der Waals surface area contributed by atoms with Crippen molar-refractivity contribution in [1.29, 1.82) is 0 Å². The lowest BCUT2D eigenvalue weighted by atomic mass is 10.1. The number of hydrogen-bond acceptors (Lipinski definition) is 3. The molecule has 5 heteroatoms. The van der Waals surface area contributed by atoms with E-state index in [-0.39, 0.29) is 11.9 Å². The van der Waals surface area contributed by atoms with Crippen molar-refractivity contribution in [3.8, 4) is 5.75 Å². The number of pyridine rings is 1. The summed E-state index contributed by atoms with van der Waals surface area (Å²) in [4.78, 5) is 3.96. The number of hydrogen-bond donors (Lipinski definition) is 1. The molecule has 1 aromatic carbocycles. The molecule has 1 N–H and O–H groups in total. The second-order valence-electron chi connectivity index (χ2n) is 4.12. The molecule has 1 aromatic heterocycles. The van der Waals surface area contributed by atoms with Crippen LogP contribution >= 0.6 is 11.6 Å². The first-order valence-corrected chi connectivity index (χ1v) is 6.19. The van der Waals surface area contributed by atoms with E-state index in [2.05, 4.69) is 10.3 Å². The molecule has 1 atom stereocenters. The summed E-state index contributed by atoms with van der Waals surface area (Å²) in [5, 5.41) is 3.59. The Morgan fingerprint density at radius 1 is 1.32 bits per heavy atom. The lowest BCUT2D eigenvalue weighted by molar-refractivity contribution is 0.410. The van der Waals surface area contributed by atoms with E-state index < -0.39 is 0 Å². The van der Waals surface area contributed by atoms with E-state index in [9.17, 15) is 4.39 Å². The van der Waals surface area contributed by atoms with Crippen LogP contribution in [0.3, 0.4) is 0 Å². The third-order valence-electron chi connectivity index (χ3n) is 2.78. The van der Waals surface area contributed by atoms with Gasteiger partial charge in [0.05, 0.1) is 25.0 Å². The molecule has 0 radical (unpaired) electrons. The fourth-order valence-corrected chi connectivity index (χ4v) is 1.89. The van der Waals surface area contributed by atoms with Crippen molar-refractivity contribution in [3.63, 3.8) is 0 Å². The van der Waals surface area contributed by atoms with Crippen LogP contribution in [0.1, 0.15) is 18.5 Å². The summed E-state index contributed by atoms with van der Waals surface area (Å²) in [7, 11) is 1.51. The molecule has 100 valence electrons. The number of rotatable bonds is 4. The Morgan fingerprint density at radius 3 is 2.68 bits per heavy atom. The van der Waals surface area contributed by atoms with Gasteiger partial charge < -0.3 is 10.1 Å². The van der Waals surface area contributed by atoms with E-state index >= 15 is 0 Å². The maximum atomic E-state index is 13.9. The van der Waals surface area contributed by atoms with Crippen LogP contribution < -0.4 is 10.1 Å². The first-order chi connectivity index (χ1) is 9.10. The summed E-state index contributed by atoms with van der Waals surface area (Å²) in [6.45, 7) is 1.87. The second-order valence-corrected chi connectivity index (χ2v) is 4.51. The minimum Gasteiger partial charge on any atom is -0.497 e. The lowest BCUT2D eigenvalue weighted by Gasteiger charge is -2.16. The summed E-state index contributed by atoms with van der Waals surface area (Å²) in [6, 6.07) is 8.10. The van der Waals surface area contributed by atoms with E-state index in [0.717, 1.165) is 5.69 Å². The quantitative estimate of drug-likeness (QED) is 0.858. The van der Waals surface area contributed by atoms with Gasteiger partial charge in [0.25, 0.3) is 0 Å². The van der Waals surface area contributed by atoms with E-state index in [4.69, 9.17) is 16.3 Å². The SMILES string of the molecule is COc1ccc(C(C)Nc2ccc(Cl)nc2)c(F)c1. The maximum absolute atomic E-state index is 13.9. The predicted octanol–water partition coefficient (Wildman–Crippen LogP) is 4.06. The summed E-state index contributed by atoms with van der Waals surface area (Å²) in [6.07, 6.45) is 1.61. The second kappa shape index (κ2) is 5.89. The highest BCUT2D eigenvalue weighted by atomic mass is 35.5. The molecule has 0 aliphatic rings. The van der Waals surface area contributed by atoms with Gasteiger partial charge >= 0.3 is 0 Å². The highest BCUT2D eigenvalue weighted by Crippen LogP contribution is 2.24. The highest BCUT2D eigenvalue weighted by Gasteiger charge is 2.11. The van der Waals surface area contributed by atoms with Crippen molar-refractivity contribution in [2.24, 2.45) is 0 Å². The minimum absolute atomic E-state index is 0.186. The molecule has 2 aromatic rings. The Morgan fingerprint density at radius 2 is 2.11 bits per heavy atom. The molecular weight excluding hydrogens is 267 g/mol. The van der Waals surface area contributed by atoms with Crippen LogP contribution in [0.2, 0.25) is 5.15 Å². The van der Waals surface area contributed by atoms with E-state index in [1.54, 1.807) is 30.5 Å². The number of nitrogens with one attached hydrogen (secondary N) is 1. The summed E-state index contributed by atoms with van der Waals surface area (Å²) < 4.78 is 18.9. The van der Waals surface area contributed by atoms with Crippen molar-refractivity contribution in [3.05, 3.63) is 53.1 Å². The number of halogens is 2. The topological polar surface area (TPSA) is 34.1 Å². The van der Waals surface area contributed by atoms with Crippen LogP contribution in [0.5, 0.6) is 5.75 Å². The fraction of sp³-hybridized carbons (Fsp3) is 0.214. The molecule has 0 aliphatic carbocycles. The number of aromatic nitrogens is 1. The van der Waals surface area contributed by atoms with Gasteiger partial charge in [0.1, 0.15) is 16.7 Å². The van der Waals surface area contributed by atoms with Gasteiger partial charge in [-0.05, 0) is 25.1 Å². The zero-order valence-corrected chi connectivity index (χ0v) is 11.4. The van der Waals surface area contributed by atoms with Gasteiger partial charge in [-0.15, -0.1) is 0 Å². The Hall–Kier alpha value is -1.81. The largest absolute Gasteiger partial charge is 0.497 e. The van der Waals surface area contributed by atoms with Crippen molar-refractivity contribution in [2.45, 2.75) is 13.0 Å². The number of methoxy groups -OCH3 is 1. The first-order valence-electron chi connectivity index (χ1n) is 5.81. The van der Waals surface area contributed by atoms with Crippen LogP contribution in [-0.4, -0.2) is 12.1 Å². The zero-order chi connectivity index (χ0) is 13.8. The normalized spacial score (nSPS) is 12.0. The molecule has 0 amide bonds. The van der Waals surface area contributed by atoms with Crippen molar-refractivity contribution >= 4 is 17.3 Å². The average molecular weight is 281 g/mol. The summed E-state index contributed by atoms with van der Waals surface area (Å²) in [5.74, 6) is 0.197. The molecule has 19 heavy (non-hydrogen) atoms. The fourth-order valence-electron chi connectivity index (χ4n) is 1.77. The van der Waals surface area contributed by atoms with Crippen molar-refractivity contribution in [2.75, 3.05) is 12.4 Å². The Kier molecular flexibility index (Phi) is 4.22. The third kappa shape index (κ3) is 3.35. The van der Waals surface area contributed by atoms with Gasteiger partial charge in [0.15, 0.2) is 0 Å². The smallest absolute Gasteiger partial charge is 0.132 e. The molecule has 3 nitrogen and oxygen atoms in total. The number of anilines is 1. The Balaban J connectivity index is 2.15. The van der Waals surface area contributed by atoms with Gasteiger partial charge in [0, 0.05) is 11.6 Å². The molecule has 0 aliphatic heterocycles. The van der Waals surface area contributed by atoms with Crippen LogP contribution in [0.25, 0.3) is 0 Å². The minimum atomic E-state index is -0.304. The predicted molar refractivity (Wildman–Crippen MR) is 74.2 cm³/mol. The first kappa shape index (κ1) is 13.6. The van der Waals surface area contributed by atoms with Gasteiger partial charge in [-0.3, -0.25) is 0 Å². The monoisotopic (exact) mass is 280 g/mol. The van der Waals surface area contributed by atoms with Crippen molar-refractivity contribution in [1.82, 2.24) is 4.98 Å². The zero-order valence-electron chi connectivity index (χ0n) is 10.7. The Bertz CT molecular complexity index is 560. The average Bonchev–Trinajstić information content (AvgIpc) is 2.41. The van der Waals surface area contributed by atoms with Crippen LogP contribution in [-0.2, 0) is 0 Å². The Labute approximate surface area is 116 Å². The standard InChI is InChI=1S/C14H14ClFN2O/c1-9(18-10-3-6-14(15)17-8-10)12-5-4-11(19-2)7-13(12)16/h3-9,18H,1-2H3. The van der Waals surface area contributed by atoms with E-state index in [1.165, 1.54) is 13.2 Å². The molecule has 0 saturated carbocycles. The number of ether oxygens (including phenoxy) is 1. The van der Waals surface area contributed by atoms with Crippen LogP contribution in [0, 0.1) is 5.82 Å². The number of benzene rings is 1. The molecule has 0 fully saturated rings. The molecule has 1 unspecified atom stereocenters. The molecule has 0 bridgehead atoms. The van der Waals surface area contributed by atoms with Gasteiger partial charge in [-0.25, -0.2) is 9.37 Å². The molecule has 0 spiro atoms. The summed E-state index contributed by atoms with van der Waals surface area (Å²) in [5.41, 5.74) is 1.35. The summed E-state index contributed by atoms with van der Waals surface area (Å²) >= 11 is 5.71. The van der Waals surface area contributed by atoms with E-state index in [1.807, 2.05) is 6.92 Å². The number of nitrogens with zero attached hydrogens (tertiary/aromatic N) is 1. The lowest BCUT2D eigenvalue weighted by Crippen LogP contribution is -2.08. The molecule has 0 saturated heterocycles. The highest BCUT2D eigenvalue weighted by molar-refractivity contribution is 6.29. The molecule has 1 heterocycles. The molecular formula is C14H14ClFN2O. The maximum Gasteiger partial charge on any atom is 0.132 e. The van der Waals surface area contributed by atoms with E-state index in [0.29, 0.717) is 16.5 Å². The van der Waals surface area contributed by atoms with Gasteiger partial charge in [-0.1, -0.05) is 17.7 Å².